The van der Waals surface area contributed by atoms with Gasteiger partial charge in [-0.2, -0.15) is 5.10 Å². The van der Waals surface area contributed by atoms with E-state index in [9.17, 15) is 4.79 Å². The molecule has 2 amide bonds. The van der Waals surface area contributed by atoms with Crippen molar-refractivity contribution in [1.29, 1.82) is 0 Å². The zero-order valence-electron chi connectivity index (χ0n) is 14.3. The van der Waals surface area contributed by atoms with E-state index in [-0.39, 0.29) is 18.1 Å². The quantitative estimate of drug-likeness (QED) is 0.853. The van der Waals surface area contributed by atoms with Gasteiger partial charge >= 0.3 is 6.03 Å². The first-order chi connectivity index (χ1) is 11.6. The summed E-state index contributed by atoms with van der Waals surface area (Å²) in [7, 11) is 0. The minimum absolute atomic E-state index is 0.0210. The summed E-state index contributed by atoms with van der Waals surface area (Å²) in [6.45, 7) is 6.42. The van der Waals surface area contributed by atoms with E-state index >= 15 is 0 Å². The summed E-state index contributed by atoms with van der Waals surface area (Å²) in [5, 5.41) is 10.1. The molecule has 3 rings (SSSR count). The van der Waals surface area contributed by atoms with E-state index in [0.717, 1.165) is 13.0 Å². The van der Waals surface area contributed by atoms with Gasteiger partial charge in [0.15, 0.2) is 0 Å². The number of rotatable bonds is 6. The molecule has 0 saturated heterocycles. The van der Waals surface area contributed by atoms with Gasteiger partial charge in [0.25, 0.3) is 0 Å². The molecule has 2 N–H and O–H groups in total. The normalized spacial score (nSPS) is 15.7. The third kappa shape index (κ3) is 3.88. The smallest absolute Gasteiger partial charge is 0.315 e. The SMILES string of the molecule is C[C@@H](Cn1cccn1)NC(=O)NC[C@H](C)N1CCc2ccccc21. The van der Waals surface area contributed by atoms with Crippen LogP contribution in [0.4, 0.5) is 10.5 Å². The molecule has 6 nitrogen and oxygen atoms in total. The van der Waals surface area contributed by atoms with Crippen LogP contribution in [0.2, 0.25) is 0 Å². The van der Waals surface area contributed by atoms with Gasteiger partial charge in [-0.05, 0) is 38.0 Å². The highest BCUT2D eigenvalue weighted by Gasteiger charge is 2.23. The minimum Gasteiger partial charge on any atom is -0.366 e. The molecule has 0 spiro atoms. The fourth-order valence-electron chi connectivity index (χ4n) is 3.18. The third-order valence-electron chi connectivity index (χ3n) is 4.41. The highest BCUT2D eigenvalue weighted by Crippen LogP contribution is 2.28. The molecule has 0 fully saturated rings. The monoisotopic (exact) mass is 327 g/mol. The van der Waals surface area contributed by atoms with Crippen molar-refractivity contribution in [2.45, 2.75) is 38.9 Å². The van der Waals surface area contributed by atoms with Crippen LogP contribution < -0.4 is 15.5 Å². The fraction of sp³-hybridized carbons (Fsp3) is 0.444. The number of nitrogens with one attached hydrogen (secondary N) is 2. The second-order valence-corrected chi connectivity index (χ2v) is 6.40. The van der Waals surface area contributed by atoms with Gasteiger partial charge in [-0.1, -0.05) is 18.2 Å². The van der Waals surface area contributed by atoms with Crippen molar-refractivity contribution in [3.8, 4) is 0 Å². The molecule has 2 heterocycles. The number of carbonyl (C=O) groups excluding carboxylic acids is 1. The average molecular weight is 327 g/mol. The fourth-order valence-corrected chi connectivity index (χ4v) is 3.18. The molecular formula is C18H25N5O. The lowest BCUT2D eigenvalue weighted by Crippen LogP contribution is -2.47. The van der Waals surface area contributed by atoms with Gasteiger partial charge in [0.1, 0.15) is 0 Å². The second kappa shape index (κ2) is 7.38. The lowest BCUT2D eigenvalue weighted by atomic mass is 10.2. The first-order valence-electron chi connectivity index (χ1n) is 8.50. The van der Waals surface area contributed by atoms with Crippen LogP contribution in [0, 0.1) is 0 Å². The number of nitrogens with zero attached hydrogens (tertiary/aromatic N) is 3. The minimum atomic E-state index is -0.131. The number of aromatic nitrogens is 2. The Balaban J connectivity index is 1.44. The van der Waals surface area contributed by atoms with E-state index in [4.69, 9.17) is 0 Å². The molecule has 0 radical (unpaired) electrons. The molecule has 0 unspecified atom stereocenters. The molecule has 1 aliphatic heterocycles. The van der Waals surface area contributed by atoms with Crippen LogP contribution in [-0.4, -0.2) is 41.0 Å². The molecule has 2 atom stereocenters. The van der Waals surface area contributed by atoms with Crippen molar-refractivity contribution in [3.63, 3.8) is 0 Å². The predicted octanol–water partition coefficient (Wildman–Crippen LogP) is 2.02. The highest BCUT2D eigenvalue weighted by atomic mass is 16.2. The van der Waals surface area contributed by atoms with Gasteiger partial charge in [-0.15, -0.1) is 0 Å². The lowest BCUT2D eigenvalue weighted by Gasteiger charge is -2.27. The average Bonchev–Trinajstić information content (AvgIpc) is 3.21. The molecule has 24 heavy (non-hydrogen) atoms. The maximum atomic E-state index is 12.1. The summed E-state index contributed by atoms with van der Waals surface area (Å²) < 4.78 is 1.81. The van der Waals surface area contributed by atoms with E-state index in [2.05, 4.69) is 51.8 Å². The maximum Gasteiger partial charge on any atom is 0.315 e. The summed E-state index contributed by atoms with van der Waals surface area (Å²) >= 11 is 0. The van der Waals surface area contributed by atoms with Crippen LogP contribution in [0.5, 0.6) is 0 Å². The van der Waals surface area contributed by atoms with Crippen molar-refractivity contribution in [1.82, 2.24) is 20.4 Å². The zero-order chi connectivity index (χ0) is 16.9. The van der Waals surface area contributed by atoms with Crippen LogP contribution in [0.15, 0.2) is 42.7 Å². The molecule has 6 heteroatoms. The summed E-state index contributed by atoms with van der Waals surface area (Å²) in [4.78, 5) is 14.4. The van der Waals surface area contributed by atoms with E-state index < -0.39 is 0 Å². The molecule has 1 aromatic carbocycles. The summed E-state index contributed by atoms with van der Waals surface area (Å²) in [5.41, 5.74) is 2.68. The standard InChI is InChI=1S/C18H25N5O/c1-14(13-22-10-5-9-20-22)21-18(24)19-12-15(2)23-11-8-16-6-3-4-7-17(16)23/h3-7,9-10,14-15H,8,11-13H2,1-2H3,(H2,19,21,24)/t14-,15-/m0/s1. The molecule has 2 aromatic rings. The van der Waals surface area contributed by atoms with Crippen molar-refractivity contribution < 1.29 is 4.79 Å². The maximum absolute atomic E-state index is 12.1. The molecule has 0 aliphatic carbocycles. The first kappa shape index (κ1) is 16.4. The zero-order valence-corrected chi connectivity index (χ0v) is 14.3. The van der Waals surface area contributed by atoms with E-state index in [0.29, 0.717) is 13.1 Å². The number of hydrogen-bond acceptors (Lipinski definition) is 3. The molecule has 0 bridgehead atoms. The molecular weight excluding hydrogens is 302 g/mol. The number of anilines is 1. The Kier molecular flexibility index (Phi) is 5.03. The van der Waals surface area contributed by atoms with Crippen LogP contribution in [-0.2, 0) is 13.0 Å². The number of benzene rings is 1. The Morgan fingerprint density at radius 1 is 1.29 bits per heavy atom. The van der Waals surface area contributed by atoms with Crippen molar-refractivity contribution in [2.75, 3.05) is 18.0 Å². The number of carbonyl (C=O) groups is 1. The van der Waals surface area contributed by atoms with E-state index in [1.807, 2.05) is 23.9 Å². The third-order valence-corrected chi connectivity index (χ3v) is 4.41. The van der Waals surface area contributed by atoms with Gasteiger partial charge in [-0.25, -0.2) is 4.79 Å². The van der Waals surface area contributed by atoms with Crippen molar-refractivity contribution in [2.24, 2.45) is 0 Å². The number of hydrogen-bond donors (Lipinski definition) is 2. The molecule has 128 valence electrons. The van der Waals surface area contributed by atoms with Crippen LogP contribution in [0.3, 0.4) is 0 Å². The summed E-state index contributed by atoms with van der Waals surface area (Å²) in [6, 6.07) is 10.5. The van der Waals surface area contributed by atoms with Crippen LogP contribution in [0.25, 0.3) is 0 Å². The number of para-hydroxylation sites is 1. The van der Waals surface area contributed by atoms with Crippen LogP contribution in [0.1, 0.15) is 19.4 Å². The number of urea groups is 1. The van der Waals surface area contributed by atoms with Gasteiger partial charge < -0.3 is 15.5 Å². The van der Waals surface area contributed by atoms with E-state index in [1.54, 1.807) is 6.20 Å². The van der Waals surface area contributed by atoms with E-state index in [1.165, 1.54) is 11.3 Å². The Bertz CT molecular complexity index is 670. The topological polar surface area (TPSA) is 62.2 Å². The van der Waals surface area contributed by atoms with Crippen molar-refractivity contribution >= 4 is 11.7 Å². The van der Waals surface area contributed by atoms with Gasteiger partial charge in [0.2, 0.25) is 0 Å². The Morgan fingerprint density at radius 2 is 2.12 bits per heavy atom. The van der Waals surface area contributed by atoms with Crippen LogP contribution >= 0.6 is 0 Å². The summed E-state index contributed by atoms with van der Waals surface area (Å²) in [6.07, 6.45) is 4.71. The van der Waals surface area contributed by atoms with Crippen molar-refractivity contribution in [3.05, 3.63) is 48.3 Å². The van der Waals surface area contributed by atoms with Gasteiger partial charge in [-0.3, -0.25) is 4.68 Å². The number of amides is 2. The van der Waals surface area contributed by atoms with Gasteiger partial charge in [0.05, 0.1) is 6.54 Å². The second-order valence-electron chi connectivity index (χ2n) is 6.40. The molecule has 1 aliphatic rings. The number of fused-ring (bicyclic) bond motifs is 1. The largest absolute Gasteiger partial charge is 0.366 e. The molecule has 1 aromatic heterocycles. The highest BCUT2D eigenvalue weighted by molar-refractivity contribution is 5.74. The molecule has 0 saturated carbocycles. The first-order valence-corrected chi connectivity index (χ1v) is 8.50. The Labute approximate surface area is 142 Å². The Hall–Kier alpha value is -2.50. The summed E-state index contributed by atoms with van der Waals surface area (Å²) in [5.74, 6) is 0. The predicted molar refractivity (Wildman–Crippen MR) is 95.2 cm³/mol. The lowest BCUT2D eigenvalue weighted by molar-refractivity contribution is 0.235. The van der Waals surface area contributed by atoms with Gasteiger partial charge in [0, 0.05) is 43.3 Å². The Morgan fingerprint density at radius 3 is 2.92 bits per heavy atom.